The van der Waals surface area contributed by atoms with Crippen molar-refractivity contribution in [1.82, 2.24) is 14.7 Å². The van der Waals surface area contributed by atoms with Crippen LogP contribution in [-0.2, 0) is 11.3 Å². The molecular formula is C24H30FN3O3. The van der Waals surface area contributed by atoms with E-state index in [0.717, 1.165) is 11.1 Å². The molecule has 1 heterocycles. The van der Waals surface area contributed by atoms with Gasteiger partial charge in [-0.3, -0.25) is 14.5 Å². The van der Waals surface area contributed by atoms with E-state index in [1.807, 2.05) is 36.9 Å². The van der Waals surface area contributed by atoms with Gasteiger partial charge >= 0.3 is 0 Å². The zero-order chi connectivity index (χ0) is 22.4. The first-order chi connectivity index (χ1) is 14.9. The summed E-state index contributed by atoms with van der Waals surface area (Å²) in [7, 11) is 1.60. The Bertz CT molecular complexity index is 926. The van der Waals surface area contributed by atoms with Gasteiger partial charge in [0.15, 0.2) is 0 Å². The number of amides is 2. The lowest BCUT2D eigenvalue weighted by molar-refractivity contribution is -0.133. The third-order valence-electron chi connectivity index (χ3n) is 5.67. The molecule has 6 nitrogen and oxygen atoms in total. The molecule has 0 unspecified atom stereocenters. The van der Waals surface area contributed by atoms with Crippen LogP contribution in [0.15, 0.2) is 42.5 Å². The molecule has 0 saturated carbocycles. The summed E-state index contributed by atoms with van der Waals surface area (Å²) in [4.78, 5) is 31.2. The first-order valence-electron chi connectivity index (χ1n) is 10.6. The number of piperazine rings is 1. The lowest BCUT2D eigenvalue weighted by Crippen LogP contribution is -2.51. The Balaban J connectivity index is 1.53. The lowest BCUT2D eigenvalue weighted by Gasteiger charge is -2.35. The SMILES string of the molecule is CCN(Cc1cccc(F)c1)C(=O)CN1CCN(C(=O)c2ccc(C)c(OC)c2)CC1. The minimum Gasteiger partial charge on any atom is -0.496 e. The minimum absolute atomic E-state index is 0.00908. The number of methoxy groups -OCH3 is 1. The fourth-order valence-corrected chi connectivity index (χ4v) is 3.77. The summed E-state index contributed by atoms with van der Waals surface area (Å²) < 4.78 is 18.8. The fourth-order valence-electron chi connectivity index (χ4n) is 3.77. The second kappa shape index (κ2) is 10.4. The Labute approximate surface area is 183 Å². The zero-order valence-electron chi connectivity index (χ0n) is 18.4. The van der Waals surface area contributed by atoms with E-state index in [4.69, 9.17) is 4.74 Å². The van der Waals surface area contributed by atoms with Crippen molar-refractivity contribution in [2.45, 2.75) is 20.4 Å². The summed E-state index contributed by atoms with van der Waals surface area (Å²) in [5.74, 6) is 0.390. The highest BCUT2D eigenvalue weighted by molar-refractivity contribution is 5.94. The van der Waals surface area contributed by atoms with Gasteiger partial charge in [-0.25, -0.2) is 4.39 Å². The van der Waals surface area contributed by atoms with Crippen LogP contribution in [0.4, 0.5) is 4.39 Å². The van der Waals surface area contributed by atoms with Gasteiger partial charge < -0.3 is 14.5 Å². The predicted octanol–water partition coefficient (Wildman–Crippen LogP) is 2.95. The number of carbonyl (C=O) groups is 2. The number of likely N-dealkylation sites (N-methyl/N-ethyl adjacent to an activating group) is 1. The number of hydrogen-bond acceptors (Lipinski definition) is 4. The molecular weight excluding hydrogens is 397 g/mol. The lowest BCUT2D eigenvalue weighted by atomic mass is 10.1. The number of ether oxygens (including phenoxy) is 1. The topological polar surface area (TPSA) is 53.1 Å². The van der Waals surface area contributed by atoms with Gasteiger partial charge in [0, 0.05) is 44.8 Å². The van der Waals surface area contributed by atoms with Gasteiger partial charge in [-0.1, -0.05) is 18.2 Å². The van der Waals surface area contributed by atoms with Crippen molar-refractivity contribution in [3.8, 4) is 5.75 Å². The van der Waals surface area contributed by atoms with E-state index < -0.39 is 0 Å². The first kappa shape index (κ1) is 22.7. The predicted molar refractivity (Wildman–Crippen MR) is 118 cm³/mol. The standard InChI is InChI=1S/C24H30FN3O3/c1-4-27(16-19-6-5-7-21(25)14-19)23(29)17-26-10-12-28(13-11-26)24(30)20-9-8-18(2)22(15-20)31-3/h5-9,14-15H,4,10-13,16-17H2,1-3H3. The van der Waals surface area contributed by atoms with Crippen LogP contribution in [0, 0.1) is 12.7 Å². The molecule has 1 fully saturated rings. The van der Waals surface area contributed by atoms with Crippen LogP contribution in [0.2, 0.25) is 0 Å². The quantitative estimate of drug-likeness (QED) is 0.682. The molecule has 0 atom stereocenters. The highest BCUT2D eigenvalue weighted by Crippen LogP contribution is 2.20. The first-order valence-corrected chi connectivity index (χ1v) is 10.6. The molecule has 0 aromatic heterocycles. The molecule has 0 radical (unpaired) electrons. The van der Waals surface area contributed by atoms with Crippen LogP contribution in [0.1, 0.15) is 28.4 Å². The summed E-state index contributed by atoms with van der Waals surface area (Å²) in [5, 5.41) is 0. The molecule has 0 spiro atoms. The Morgan fingerprint density at radius 3 is 2.48 bits per heavy atom. The van der Waals surface area contributed by atoms with E-state index in [9.17, 15) is 14.0 Å². The van der Waals surface area contributed by atoms with Crippen molar-refractivity contribution in [2.24, 2.45) is 0 Å². The third kappa shape index (κ3) is 5.82. The van der Waals surface area contributed by atoms with Crippen molar-refractivity contribution in [2.75, 3.05) is 46.4 Å². The van der Waals surface area contributed by atoms with Gasteiger partial charge in [0.1, 0.15) is 11.6 Å². The van der Waals surface area contributed by atoms with Gasteiger partial charge in [0.05, 0.1) is 13.7 Å². The average Bonchev–Trinajstić information content (AvgIpc) is 2.78. The fraction of sp³-hybridized carbons (Fsp3) is 0.417. The van der Waals surface area contributed by atoms with Crippen LogP contribution in [0.5, 0.6) is 5.75 Å². The maximum absolute atomic E-state index is 13.4. The monoisotopic (exact) mass is 427 g/mol. The highest BCUT2D eigenvalue weighted by Gasteiger charge is 2.25. The molecule has 3 rings (SSSR count). The van der Waals surface area contributed by atoms with Crippen molar-refractivity contribution >= 4 is 11.8 Å². The maximum atomic E-state index is 13.4. The number of rotatable bonds is 7. The second-order valence-corrected chi connectivity index (χ2v) is 7.79. The van der Waals surface area contributed by atoms with Gasteiger partial charge in [0.25, 0.3) is 5.91 Å². The van der Waals surface area contributed by atoms with Crippen LogP contribution in [0.25, 0.3) is 0 Å². The number of hydrogen-bond donors (Lipinski definition) is 0. The maximum Gasteiger partial charge on any atom is 0.254 e. The molecule has 1 aliphatic rings. The second-order valence-electron chi connectivity index (χ2n) is 7.79. The van der Waals surface area contributed by atoms with Crippen LogP contribution in [0.3, 0.4) is 0 Å². The van der Waals surface area contributed by atoms with Gasteiger partial charge in [-0.05, 0) is 49.2 Å². The van der Waals surface area contributed by atoms with Crippen molar-refractivity contribution in [3.05, 3.63) is 65.0 Å². The van der Waals surface area contributed by atoms with E-state index in [0.29, 0.717) is 57.1 Å². The van der Waals surface area contributed by atoms with Gasteiger partial charge in [-0.15, -0.1) is 0 Å². The highest BCUT2D eigenvalue weighted by atomic mass is 19.1. The van der Waals surface area contributed by atoms with Crippen LogP contribution in [-0.4, -0.2) is 72.9 Å². The number of nitrogens with zero attached hydrogens (tertiary/aromatic N) is 3. The smallest absolute Gasteiger partial charge is 0.254 e. The minimum atomic E-state index is -0.298. The molecule has 7 heteroatoms. The Hall–Kier alpha value is -2.93. The molecule has 1 saturated heterocycles. The number of benzene rings is 2. The molecule has 0 bridgehead atoms. The van der Waals surface area contributed by atoms with E-state index in [2.05, 4.69) is 4.90 Å². The largest absolute Gasteiger partial charge is 0.496 e. The summed E-state index contributed by atoms with van der Waals surface area (Å²) >= 11 is 0. The van der Waals surface area contributed by atoms with Gasteiger partial charge in [0.2, 0.25) is 5.91 Å². The molecule has 0 N–H and O–H groups in total. The van der Waals surface area contributed by atoms with E-state index in [1.54, 1.807) is 24.1 Å². The van der Waals surface area contributed by atoms with E-state index >= 15 is 0 Å². The number of aryl methyl sites for hydroxylation is 1. The number of halogens is 1. The van der Waals surface area contributed by atoms with Crippen LogP contribution < -0.4 is 4.74 Å². The Morgan fingerprint density at radius 1 is 1.10 bits per heavy atom. The third-order valence-corrected chi connectivity index (χ3v) is 5.67. The molecule has 2 aromatic rings. The molecule has 166 valence electrons. The van der Waals surface area contributed by atoms with Crippen molar-refractivity contribution in [1.29, 1.82) is 0 Å². The van der Waals surface area contributed by atoms with Gasteiger partial charge in [-0.2, -0.15) is 0 Å². The summed E-state index contributed by atoms with van der Waals surface area (Å²) in [5.41, 5.74) is 2.37. The summed E-state index contributed by atoms with van der Waals surface area (Å²) in [6.45, 7) is 7.51. The molecule has 2 aromatic carbocycles. The molecule has 1 aliphatic heterocycles. The summed E-state index contributed by atoms with van der Waals surface area (Å²) in [6, 6.07) is 11.8. The Morgan fingerprint density at radius 2 is 1.84 bits per heavy atom. The van der Waals surface area contributed by atoms with Crippen molar-refractivity contribution < 1.29 is 18.7 Å². The van der Waals surface area contributed by atoms with Crippen molar-refractivity contribution in [3.63, 3.8) is 0 Å². The van der Waals surface area contributed by atoms with E-state index in [1.165, 1.54) is 12.1 Å². The van der Waals surface area contributed by atoms with E-state index in [-0.39, 0.29) is 17.6 Å². The van der Waals surface area contributed by atoms with Crippen LogP contribution >= 0.6 is 0 Å². The average molecular weight is 428 g/mol. The molecule has 2 amide bonds. The Kier molecular flexibility index (Phi) is 7.63. The normalized spacial score (nSPS) is 14.4. The number of carbonyl (C=O) groups excluding carboxylic acids is 2. The zero-order valence-corrected chi connectivity index (χ0v) is 18.4. The molecule has 31 heavy (non-hydrogen) atoms. The summed E-state index contributed by atoms with van der Waals surface area (Å²) in [6.07, 6.45) is 0. The molecule has 0 aliphatic carbocycles.